The van der Waals surface area contributed by atoms with E-state index < -0.39 is 15.8 Å². The summed E-state index contributed by atoms with van der Waals surface area (Å²) in [6, 6.07) is 14.5. The fourth-order valence-corrected chi connectivity index (χ4v) is 7.00. The topological polar surface area (TPSA) is 83.7 Å². The van der Waals surface area contributed by atoms with Gasteiger partial charge >= 0.3 is 0 Å². The summed E-state index contributed by atoms with van der Waals surface area (Å²) in [5, 5.41) is 0.605. The van der Waals surface area contributed by atoms with E-state index in [9.17, 15) is 17.6 Å². The van der Waals surface area contributed by atoms with Crippen molar-refractivity contribution in [3.8, 4) is 0 Å². The Morgan fingerprint density at radius 3 is 2.56 bits per heavy atom. The smallest absolute Gasteiger partial charge is 0.243 e. The average Bonchev–Trinajstić information content (AvgIpc) is 3.57. The van der Waals surface area contributed by atoms with Crippen molar-refractivity contribution in [3.05, 3.63) is 78.0 Å². The van der Waals surface area contributed by atoms with Crippen LogP contribution >= 0.6 is 11.3 Å². The monoisotopic (exact) mass is 527 g/mol. The minimum absolute atomic E-state index is 0.0503. The van der Waals surface area contributed by atoms with Crippen LogP contribution in [0.2, 0.25) is 0 Å². The number of sulfonamides is 1. The molecule has 0 radical (unpaired) electrons. The number of aromatic nitrogens is 1. The van der Waals surface area contributed by atoms with Crippen molar-refractivity contribution < 1.29 is 22.0 Å². The molecule has 3 heterocycles. The van der Waals surface area contributed by atoms with Crippen LogP contribution in [0.4, 0.5) is 9.52 Å². The fourth-order valence-electron chi connectivity index (χ4n) is 4.51. The number of hydrogen-bond donors (Lipinski definition) is 0. The summed E-state index contributed by atoms with van der Waals surface area (Å²) in [7, 11) is -3.75. The molecule has 2 aromatic carbocycles. The number of rotatable bonds is 7. The van der Waals surface area contributed by atoms with Crippen LogP contribution in [0.5, 0.6) is 0 Å². The fraction of sp³-hybridized carbons (Fsp3) is 0.308. The molecule has 2 aromatic heterocycles. The Morgan fingerprint density at radius 2 is 1.89 bits per heavy atom. The van der Waals surface area contributed by atoms with Gasteiger partial charge in [0.1, 0.15) is 11.6 Å². The average molecular weight is 528 g/mol. The molecular weight excluding hydrogens is 501 g/mol. The molecule has 5 rings (SSSR count). The number of para-hydroxylation sites is 1. The van der Waals surface area contributed by atoms with Gasteiger partial charge in [0, 0.05) is 19.0 Å². The van der Waals surface area contributed by atoms with Gasteiger partial charge in [-0.05, 0) is 67.3 Å². The van der Waals surface area contributed by atoms with E-state index in [-0.39, 0.29) is 36.4 Å². The SMILES string of the molecule is CCc1cccc2sc(N(Cc3ccco3)C(=O)C3CCN(S(=O)(=O)c4ccc(F)cc4)CC3)nc12. The van der Waals surface area contributed by atoms with Crippen molar-refractivity contribution in [3.63, 3.8) is 0 Å². The first-order valence-corrected chi connectivity index (χ1v) is 14.1. The molecule has 0 N–H and O–H groups in total. The number of carbonyl (C=O) groups is 1. The highest BCUT2D eigenvalue weighted by atomic mass is 32.2. The molecule has 0 aliphatic carbocycles. The minimum Gasteiger partial charge on any atom is -0.467 e. The molecule has 0 spiro atoms. The first-order chi connectivity index (χ1) is 17.4. The molecule has 36 heavy (non-hydrogen) atoms. The van der Waals surface area contributed by atoms with Gasteiger partial charge in [-0.1, -0.05) is 30.4 Å². The lowest BCUT2D eigenvalue weighted by Crippen LogP contribution is -2.44. The number of carbonyl (C=O) groups excluding carboxylic acids is 1. The zero-order chi connectivity index (χ0) is 25.3. The molecule has 0 bridgehead atoms. The van der Waals surface area contributed by atoms with E-state index >= 15 is 0 Å². The zero-order valence-corrected chi connectivity index (χ0v) is 21.4. The second-order valence-corrected chi connectivity index (χ2v) is 11.7. The Balaban J connectivity index is 1.37. The Bertz CT molecular complexity index is 1460. The normalized spacial score (nSPS) is 15.4. The Morgan fingerprint density at radius 1 is 1.14 bits per heavy atom. The number of amides is 1. The third-order valence-electron chi connectivity index (χ3n) is 6.52. The number of benzene rings is 2. The van der Waals surface area contributed by atoms with Crippen molar-refractivity contribution >= 4 is 42.6 Å². The molecule has 0 atom stereocenters. The van der Waals surface area contributed by atoms with Gasteiger partial charge in [0.25, 0.3) is 0 Å². The first-order valence-electron chi connectivity index (χ1n) is 11.8. The zero-order valence-electron chi connectivity index (χ0n) is 19.8. The van der Waals surface area contributed by atoms with Gasteiger partial charge in [-0.2, -0.15) is 4.31 Å². The Hall–Kier alpha value is -3.08. The predicted octanol–water partition coefficient (Wildman–Crippen LogP) is 5.22. The van der Waals surface area contributed by atoms with Crippen LogP contribution in [0.25, 0.3) is 10.2 Å². The highest BCUT2D eigenvalue weighted by Gasteiger charge is 2.35. The van der Waals surface area contributed by atoms with E-state index in [4.69, 9.17) is 9.40 Å². The molecule has 1 aliphatic heterocycles. The van der Waals surface area contributed by atoms with E-state index in [1.165, 1.54) is 27.8 Å². The van der Waals surface area contributed by atoms with Crippen LogP contribution in [-0.2, 0) is 27.8 Å². The van der Waals surface area contributed by atoms with E-state index in [0.29, 0.717) is 23.7 Å². The lowest BCUT2D eigenvalue weighted by atomic mass is 9.96. The standard InChI is InChI=1S/C26H26FN3O4S2/c1-2-18-5-3-7-23-24(18)28-26(35-23)30(17-21-6-4-16-34-21)25(31)19-12-14-29(15-13-19)36(32,33)22-10-8-20(27)9-11-22/h3-11,16,19H,2,12-15,17H2,1H3. The van der Waals surface area contributed by atoms with Crippen LogP contribution in [-0.4, -0.2) is 36.7 Å². The van der Waals surface area contributed by atoms with Crippen molar-refractivity contribution in [2.24, 2.45) is 5.92 Å². The molecule has 1 saturated heterocycles. The number of piperidine rings is 1. The van der Waals surface area contributed by atoms with E-state index in [0.717, 1.165) is 34.3 Å². The first kappa shape index (κ1) is 24.6. The summed E-state index contributed by atoms with van der Waals surface area (Å²) >= 11 is 1.47. The molecule has 188 valence electrons. The van der Waals surface area contributed by atoms with Gasteiger partial charge in [0.05, 0.1) is 27.9 Å². The molecule has 7 nitrogen and oxygen atoms in total. The van der Waals surface area contributed by atoms with Gasteiger partial charge in [-0.25, -0.2) is 17.8 Å². The van der Waals surface area contributed by atoms with Crippen LogP contribution < -0.4 is 4.90 Å². The van der Waals surface area contributed by atoms with E-state index in [1.807, 2.05) is 24.3 Å². The minimum atomic E-state index is -3.75. The number of nitrogens with zero attached hydrogens (tertiary/aromatic N) is 3. The number of aryl methyl sites for hydroxylation is 1. The number of furan rings is 1. The molecule has 0 saturated carbocycles. The third-order valence-corrected chi connectivity index (χ3v) is 9.47. The summed E-state index contributed by atoms with van der Waals surface area (Å²) in [5.74, 6) is -0.287. The Labute approximate surface area is 213 Å². The summed E-state index contributed by atoms with van der Waals surface area (Å²) < 4.78 is 47.1. The summed E-state index contributed by atoms with van der Waals surface area (Å²) in [6.45, 7) is 2.75. The van der Waals surface area contributed by atoms with Gasteiger partial charge in [-0.3, -0.25) is 9.69 Å². The van der Waals surface area contributed by atoms with Gasteiger partial charge in [-0.15, -0.1) is 0 Å². The molecule has 1 fully saturated rings. The van der Waals surface area contributed by atoms with Crippen molar-refractivity contribution in [2.45, 2.75) is 37.6 Å². The second kappa shape index (κ2) is 10.1. The molecule has 10 heteroatoms. The third kappa shape index (κ3) is 4.80. The lowest BCUT2D eigenvalue weighted by molar-refractivity contribution is -0.123. The van der Waals surface area contributed by atoms with Crippen molar-refractivity contribution in [1.29, 1.82) is 0 Å². The summed E-state index contributed by atoms with van der Waals surface area (Å²) in [4.78, 5) is 20.3. The van der Waals surface area contributed by atoms with Crippen LogP contribution in [0.1, 0.15) is 31.1 Å². The number of thiazole rings is 1. The summed E-state index contributed by atoms with van der Waals surface area (Å²) in [5.41, 5.74) is 2.03. The number of halogens is 1. The van der Waals surface area contributed by atoms with Gasteiger partial charge < -0.3 is 4.42 Å². The van der Waals surface area contributed by atoms with Crippen LogP contribution in [0, 0.1) is 11.7 Å². The van der Waals surface area contributed by atoms with E-state index in [2.05, 4.69) is 6.92 Å². The quantitative estimate of drug-likeness (QED) is 0.329. The maximum atomic E-state index is 13.8. The number of fused-ring (bicyclic) bond motifs is 1. The van der Waals surface area contributed by atoms with Crippen LogP contribution in [0.3, 0.4) is 0 Å². The maximum Gasteiger partial charge on any atom is 0.243 e. The molecule has 4 aromatic rings. The molecule has 1 amide bonds. The summed E-state index contributed by atoms with van der Waals surface area (Å²) in [6.07, 6.45) is 3.19. The van der Waals surface area contributed by atoms with Gasteiger partial charge in [0.15, 0.2) is 5.13 Å². The largest absolute Gasteiger partial charge is 0.467 e. The predicted molar refractivity (Wildman–Crippen MR) is 137 cm³/mol. The van der Waals surface area contributed by atoms with Crippen molar-refractivity contribution in [1.82, 2.24) is 9.29 Å². The highest BCUT2D eigenvalue weighted by molar-refractivity contribution is 7.89. The van der Waals surface area contributed by atoms with E-state index in [1.54, 1.807) is 17.2 Å². The van der Waals surface area contributed by atoms with Crippen molar-refractivity contribution in [2.75, 3.05) is 18.0 Å². The number of anilines is 1. The van der Waals surface area contributed by atoms with Gasteiger partial charge in [0.2, 0.25) is 15.9 Å². The molecule has 0 unspecified atom stereocenters. The molecule has 1 aliphatic rings. The lowest BCUT2D eigenvalue weighted by Gasteiger charge is -2.32. The second-order valence-electron chi connectivity index (χ2n) is 8.75. The number of hydrogen-bond acceptors (Lipinski definition) is 6. The highest BCUT2D eigenvalue weighted by Crippen LogP contribution is 2.34. The van der Waals surface area contributed by atoms with Crippen LogP contribution in [0.15, 0.2) is 70.2 Å². The maximum absolute atomic E-state index is 13.8. The Kier molecular flexibility index (Phi) is 6.92. The molecular formula is C26H26FN3O4S2.